The number of rotatable bonds is 4. The standard InChI is InChI=1S/C22H29N3O/c1-26-17-8-9-21-19(14-17)22(18-4-2-3-5-20(18)24-21)23-15-10-12-25(13-11-15)16-6-7-16/h8-9,14-16H,2-7,10-13H2,1H3,(H,23,24). The molecule has 0 radical (unpaired) electrons. The molecule has 2 fully saturated rings. The maximum absolute atomic E-state index is 5.50. The first-order valence-corrected chi connectivity index (χ1v) is 10.3. The van der Waals surface area contributed by atoms with Crippen LogP contribution in [0, 0.1) is 0 Å². The normalized spacial score (nSPS) is 21.6. The molecule has 1 saturated carbocycles. The van der Waals surface area contributed by atoms with E-state index >= 15 is 0 Å². The minimum absolute atomic E-state index is 0.577. The summed E-state index contributed by atoms with van der Waals surface area (Å²) in [7, 11) is 1.74. The Morgan fingerprint density at radius 1 is 1.08 bits per heavy atom. The van der Waals surface area contributed by atoms with Gasteiger partial charge in [0.15, 0.2) is 0 Å². The van der Waals surface area contributed by atoms with E-state index < -0.39 is 0 Å². The number of aromatic nitrogens is 1. The second kappa shape index (κ2) is 6.73. The molecule has 1 aliphatic heterocycles. The molecule has 1 N–H and O–H groups in total. The lowest BCUT2D eigenvalue weighted by molar-refractivity contribution is 0.210. The molecule has 0 spiro atoms. The number of aryl methyl sites for hydroxylation is 1. The number of piperidine rings is 1. The molecule has 1 saturated heterocycles. The third-order valence-corrected chi connectivity index (χ3v) is 6.41. The van der Waals surface area contributed by atoms with Crippen molar-refractivity contribution in [2.24, 2.45) is 0 Å². The first-order chi connectivity index (χ1) is 12.8. The second-order valence-electron chi connectivity index (χ2n) is 8.19. The van der Waals surface area contributed by atoms with Gasteiger partial charge in [0.25, 0.3) is 0 Å². The van der Waals surface area contributed by atoms with Gasteiger partial charge in [-0.15, -0.1) is 0 Å². The average molecular weight is 351 g/mol. The summed E-state index contributed by atoms with van der Waals surface area (Å²) in [4.78, 5) is 7.68. The summed E-state index contributed by atoms with van der Waals surface area (Å²) in [6.45, 7) is 2.49. The maximum Gasteiger partial charge on any atom is 0.119 e. The molecule has 1 aromatic heterocycles. The van der Waals surface area contributed by atoms with E-state index in [2.05, 4.69) is 22.3 Å². The van der Waals surface area contributed by atoms with Crippen LogP contribution in [-0.2, 0) is 12.8 Å². The number of likely N-dealkylation sites (tertiary alicyclic amines) is 1. The number of benzene rings is 1. The summed E-state index contributed by atoms with van der Waals surface area (Å²) in [5, 5.41) is 5.19. The van der Waals surface area contributed by atoms with Gasteiger partial charge in [-0.2, -0.15) is 0 Å². The Morgan fingerprint density at radius 3 is 2.65 bits per heavy atom. The minimum Gasteiger partial charge on any atom is -0.497 e. The summed E-state index contributed by atoms with van der Waals surface area (Å²) in [6.07, 6.45) is 10.1. The van der Waals surface area contributed by atoms with Gasteiger partial charge < -0.3 is 15.0 Å². The predicted octanol–water partition coefficient (Wildman–Crippen LogP) is 4.16. The number of hydrogen-bond acceptors (Lipinski definition) is 4. The molecule has 0 unspecified atom stereocenters. The molecule has 3 aliphatic rings. The van der Waals surface area contributed by atoms with Crippen LogP contribution < -0.4 is 10.1 Å². The van der Waals surface area contributed by atoms with Crippen LogP contribution in [0.15, 0.2) is 18.2 Å². The minimum atomic E-state index is 0.577. The van der Waals surface area contributed by atoms with E-state index in [1.165, 1.54) is 73.9 Å². The molecule has 0 bridgehead atoms. The van der Waals surface area contributed by atoms with Crippen molar-refractivity contribution in [3.05, 3.63) is 29.5 Å². The molecule has 0 atom stereocenters. The Hall–Kier alpha value is -1.81. The molecule has 4 nitrogen and oxygen atoms in total. The summed E-state index contributed by atoms with van der Waals surface area (Å²) in [5.74, 6) is 0.918. The van der Waals surface area contributed by atoms with Gasteiger partial charge >= 0.3 is 0 Å². The van der Waals surface area contributed by atoms with Gasteiger partial charge in [-0.1, -0.05) is 0 Å². The molecule has 5 rings (SSSR count). The number of anilines is 1. The highest BCUT2D eigenvalue weighted by Crippen LogP contribution is 2.37. The topological polar surface area (TPSA) is 37.4 Å². The van der Waals surface area contributed by atoms with Crippen LogP contribution in [0.2, 0.25) is 0 Å². The van der Waals surface area contributed by atoms with Gasteiger partial charge in [0.05, 0.1) is 12.6 Å². The molecule has 26 heavy (non-hydrogen) atoms. The number of fused-ring (bicyclic) bond motifs is 2. The second-order valence-corrected chi connectivity index (χ2v) is 8.19. The van der Waals surface area contributed by atoms with Crippen molar-refractivity contribution >= 4 is 16.6 Å². The number of nitrogens with zero attached hydrogens (tertiary/aromatic N) is 2. The highest BCUT2D eigenvalue weighted by atomic mass is 16.5. The lowest BCUT2D eigenvalue weighted by Crippen LogP contribution is -2.40. The predicted molar refractivity (Wildman–Crippen MR) is 106 cm³/mol. The quantitative estimate of drug-likeness (QED) is 0.897. The largest absolute Gasteiger partial charge is 0.497 e. The molecule has 2 heterocycles. The zero-order chi connectivity index (χ0) is 17.5. The zero-order valence-electron chi connectivity index (χ0n) is 15.8. The number of ether oxygens (including phenoxy) is 1. The number of nitrogens with one attached hydrogen (secondary N) is 1. The summed E-state index contributed by atoms with van der Waals surface area (Å²) < 4.78 is 5.50. The smallest absolute Gasteiger partial charge is 0.119 e. The Balaban J connectivity index is 1.48. The first kappa shape index (κ1) is 16.4. The van der Waals surface area contributed by atoms with Crippen molar-refractivity contribution in [3.8, 4) is 5.75 Å². The van der Waals surface area contributed by atoms with Gasteiger partial charge in [0.2, 0.25) is 0 Å². The highest BCUT2D eigenvalue weighted by molar-refractivity contribution is 5.94. The van der Waals surface area contributed by atoms with Crippen LogP contribution >= 0.6 is 0 Å². The SMILES string of the molecule is COc1ccc2nc3c(c(NC4CCN(C5CC5)CC4)c2c1)CCCC3. The van der Waals surface area contributed by atoms with E-state index in [4.69, 9.17) is 9.72 Å². The summed E-state index contributed by atoms with van der Waals surface area (Å²) in [6, 6.07) is 7.79. The van der Waals surface area contributed by atoms with Gasteiger partial charge in [0, 0.05) is 41.9 Å². The van der Waals surface area contributed by atoms with Crippen molar-refractivity contribution in [1.29, 1.82) is 0 Å². The average Bonchev–Trinajstić information content (AvgIpc) is 3.53. The third-order valence-electron chi connectivity index (χ3n) is 6.41. The van der Waals surface area contributed by atoms with Gasteiger partial charge in [-0.3, -0.25) is 4.98 Å². The number of hydrogen-bond donors (Lipinski definition) is 1. The van der Waals surface area contributed by atoms with Crippen molar-refractivity contribution in [1.82, 2.24) is 9.88 Å². The highest BCUT2D eigenvalue weighted by Gasteiger charge is 2.32. The fourth-order valence-electron chi connectivity index (χ4n) is 4.75. The van der Waals surface area contributed by atoms with E-state index in [1.807, 2.05) is 6.07 Å². The van der Waals surface area contributed by atoms with Crippen molar-refractivity contribution in [3.63, 3.8) is 0 Å². The monoisotopic (exact) mass is 351 g/mol. The summed E-state index contributed by atoms with van der Waals surface area (Å²) in [5.41, 5.74) is 5.21. The van der Waals surface area contributed by atoms with E-state index in [0.717, 1.165) is 30.1 Å². The van der Waals surface area contributed by atoms with Gasteiger partial charge in [-0.05, 0) is 75.1 Å². The Morgan fingerprint density at radius 2 is 1.88 bits per heavy atom. The maximum atomic E-state index is 5.50. The zero-order valence-corrected chi connectivity index (χ0v) is 15.8. The third kappa shape index (κ3) is 3.05. The van der Waals surface area contributed by atoms with Gasteiger partial charge in [0.1, 0.15) is 5.75 Å². The number of pyridine rings is 1. The van der Waals surface area contributed by atoms with Crippen LogP contribution in [-0.4, -0.2) is 42.2 Å². The fraction of sp³-hybridized carbons (Fsp3) is 0.591. The van der Waals surface area contributed by atoms with Crippen molar-refractivity contribution < 1.29 is 4.74 Å². The molecule has 2 aliphatic carbocycles. The number of methoxy groups -OCH3 is 1. The molecular formula is C22H29N3O. The van der Waals surface area contributed by atoms with E-state index in [-0.39, 0.29) is 0 Å². The van der Waals surface area contributed by atoms with Crippen molar-refractivity contribution in [2.45, 2.75) is 63.5 Å². The molecular weight excluding hydrogens is 322 g/mol. The Bertz CT molecular complexity index is 807. The lowest BCUT2D eigenvalue weighted by atomic mass is 9.92. The molecule has 2 aromatic rings. The van der Waals surface area contributed by atoms with Crippen molar-refractivity contribution in [2.75, 3.05) is 25.5 Å². The molecule has 4 heteroatoms. The molecule has 138 valence electrons. The van der Waals surface area contributed by atoms with Crippen LogP contribution in [0.5, 0.6) is 5.75 Å². The van der Waals surface area contributed by atoms with Gasteiger partial charge in [-0.25, -0.2) is 0 Å². The van der Waals surface area contributed by atoms with Crippen LogP contribution in [0.4, 0.5) is 5.69 Å². The van der Waals surface area contributed by atoms with E-state index in [1.54, 1.807) is 7.11 Å². The first-order valence-electron chi connectivity index (χ1n) is 10.3. The molecule has 1 aromatic carbocycles. The van der Waals surface area contributed by atoms with Crippen LogP contribution in [0.1, 0.15) is 49.8 Å². The lowest BCUT2D eigenvalue weighted by Gasteiger charge is -2.34. The van der Waals surface area contributed by atoms with E-state index in [9.17, 15) is 0 Å². The Kier molecular flexibility index (Phi) is 4.24. The van der Waals surface area contributed by atoms with E-state index in [0.29, 0.717) is 6.04 Å². The fourth-order valence-corrected chi connectivity index (χ4v) is 4.75. The Labute approximate surface area is 155 Å². The summed E-state index contributed by atoms with van der Waals surface area (Å²) >= 11 is 0. The van der Waals surface area contributed by atoms with Crippen LogP contribution in [0.3, 0.4) is 0 Å². The van der Waals surface area contributed by atoms with Crippen LogP contribution in [0.25, 0.3) is 10.9 Å². The molecule has 0 amide bonds.